The second-order valence-electron chi connectivity index (χ2n) is 4.91. The number of carbonyl (C=O) groups is 1. The van der Waals surface area contributed by atoms with Crippen LogP contribution in [0, 0.1) is 0 Å². The van der Waals surface area contributed by atoms with Crippen LogP contribution < -0.4 is 10.1 Å². The third kappa shape index (κ3) is 5.03. The van der Waals surface area contributed by atoms with Gasteiger partial charge in [0, 0.05) is 17.4 Å². The summed E-state index contributed by atoms with van der Waals surface area (Å²) in [6.07, 6.45) is 6.19. The summed E-state index contributed by atoms with van der Waals surface area (Å²) in [5.74, 6) is 0.357. The fourth-order valence-electron chi connectivity index (χ4n) is 2.02. The smallest absolute Gasteiger partial charge is 0.327 e. The maximum atomic E-state index is 12.1. The molecule has 1 N–H and O–H groups in total. The Labute approximate surface area is 149 Å². The number of halogens is 3. The van der Waals surface area contributed by atoms with Gasteiger partial charge in [0.25, 0.3) is 0 Å². The lowest BCUT2D eigenvalue weighted by atomic mass is 10.2. The van der Waals surface area contributed by atoms with Crippen molar-refractivity contribution in [3.8, 4) is 5.75 Å². The van der Waals surface area contributed by atoms with Crippen LogP contribution in [-0.2, 0) is 0 Å². The molecule has 8 heteroatoms. The summed E-state index contributed by atoms with van der Waals surface area (Å²) in [7, 11) is 0. The van der Waals surface area contributed by atoms with E-state index in [2.05, 4.69) is 10.3 Å². The van der Waals surface area contributed by atoms with Gasteiger partial charge in [-0.05, 0) is 18.6 Å². The summed E-state index contributed by atoms with van der Waals surface area (Å²) in [6.45, 7) is 2.27. The minimum atomic E-state index is -0.266. The molecule has 124 valence electrons. The molecule has 1 aromatic carbocycles. The van der Waals surface area contributed by atoms with Gasteiger partial charge in [0.1, 0.15) is 12.9 Å². The number of amides is 1. The monoisotopic (exact) mass is 375 g/mol. The van der Waals surface area contributed by atoms with Gasteiger partial charge in [-0.1, -0.05) is 48.1 Å². The number of ether oxygens (including phenoxy) is 1. The van der Waals surface area contributed by atoms with Crippen LogP contribution in [0.25, 0.3) is 0 Å². The predicted molar refractivity (Wildman–Crippen MR) is 91.8 cm³/mol. The molecule has 2 rings (SSSR count). The van der Waals surface area contributed by atoms with E-state index in [9.17, 15) is 4.79 Å². The average molecular weight is 377 g/mol. The number of nitrogens with zero attached hydrogens (tertiary/aromatic N) is 2. The van der Waals surface area contributed by atoms with Gasteiger partial charge >= 0.3 is 6.03 Å². The fraction of sp³-hybridized carbons (Fsp3) is 0.333. The van der Waals surface area contributed by atoms with Crippen molar-refractivity contribution in [2.75, 3.05) is 6.61 Å². The lowest BCUT2D eigenvalue weighted by Crippen LogP contribution is -2.41. The van der Waals surface area contributed by atoms with Gasteiger partial charge in [0.2, 0.25) is 0 Å². The molecule has 0 bridgehead atoms. The topological polar surface area (TPSA) is 56.1 Å². The summed E-state index contributed by atoms with van der Waals surface area (Å²) in [5.41, 5.74) is 0. The Balaban J connectivity index is 2.01. The van der Waals surface area contributed by atoms with E-state index in [1.54, 1.807) is 18.3 Å². The van der Waals surface area contributed by atoms with Crippen LogP contribution in [0.1, 0.15) is 19.8 Å². The third-order valence-electron chi connectivity index (χ3n) is 3.10. The molecule has 2 aromatic rings. The molecule has 0 spiro atoms. The molecule has 1 amide bonds. The summed E-state index contributed by atoms with van der Waals surface area (Å²) >= 11 is 18.0. The normalized spacial score (nSPS) is 12.0. The number of carbonyl (C=O) groups excluding carboxylic acids is 1. The number of rotatable bonds is 6. The van der Waals surface area contributed by atoms with E-state index in [1.807, 2.05) is 6.92 Å². The Morgan fingerprint density at radius 2 is 2.04 bits per heavy atom. The van der Waals surface area contributed by atoms with Gasteiger partial charge in [-0.3, -0.25) is 4.57 Å². The first-order valence-corrected chi connectivity index (χ1v) is 8.20. The average Bonchev–Trinajstić information content (AvgIpc) is 3.00. The Bertz CT molecular complexity index is 639. The zero-order chi connectivity index (χ0) is 16.8. The highest BCUT2D eigenvalue weighted by Crippen LogP contribution is 2.35. The molecule has 23 heavy (non-hydrogen) atoms. The van der Waals surface area contributed by atoms with E-state index in [1.165, 1.54) is 17.1 Å². The van der Waals surface area contributed by atoms with E-state index < -0.39 is 0 Å². The number of imidazole rings is 1. The van der Waals surface area contributed by atoms with Crippen molar-refractivity contribution in [2.45, 2.75) is 25.8 Å². The lowest BCUT2D eigenvalue weighted by molar-refractivity contribution is 0.221. The number of aromatic nitrogens is 2. The molecule has 0 saturated carbocycles. The summed E-state index contributed by atoms with van der Waals surface area (Å²) in [6, 6.07) is 2.67. The fourth-order valence-corrected chi connectivity index (χ4v) is 2.95. The molecule has 1 heterocycles. The van der Waals surface area contributed by atoms with Crippen molar-refractivity contribution in [1.29, 1.82) is 0 Å². The van der Waals surface area contributed by atoms with E-state index in [0.717, 1.165) is 12.8 Å². The van der Waals surface area contributed by atoms with Crippen LogP contribution in [0.3, 0.4) is 0 Å². The number of nitrogens with one attached hydrogen (secondary N) is 1. The number of benzene rings is 1. The molecule has 0 aliphatic carbocycles. The Morgan fingerprint density at radius 3 is 2.61 bits per heavy atom. The van der Waals surface area contributed by atoms with Gasteiger partial charge in [0.05, 0.1) is 16.1 Å². The first-order chi connectivity index (χ1) is 11.0. The highest BCUT2D eigenvalue weighted by molar-refractivity contribution is 6.40. The molecule has 0 fully saturated rings. The molecule has 1 aromatic heterocycles. The third-order valence-corrected chi connectivity index (χ3v) is 3.88. The highest BCUT2D eigenvalue weighted by atomic mass is 35.5. The zero-order valence-electron chi connectivity index (χ0n) is 12.4. The van der Waals surface area contributed by atoms with Crippen molar-refractivity contribution in [1.82, 2.24) is 14.9 Å². The van der Waals surface area contributed by atoms with Gasteiger partial charge in [0.15, 0.2) is 5.75 Å². The molecule has 0 saturated heterocycles. The molecule has 1 atom stereocenters. The molecule has 5 nitrogen and oxygen atoms in total. The Morgan fingerprint density at radius 1 is 1.35 bits per heavy atom. The van der Waals surface area contributed by atoms with Crippen molar-refractivity contribution in [3.63, 3.8) is 0 Å². The second kappa shape index (κ2) is 8.43. The largest absolute Gasteiger partial charge is 0.488 e. The van der Waals surface area contributed by atoms with Gasteiger partial charge in [-0.2, -0.15) is 0 Å². The first-order valence-electron chi connectivity index (χ1n) is 7.07. The van der Waals surface area contributed by atoms with Crippen LogP contribution in [0.5, 0.6) is 5.75 Å². The molecular weight excluding hydrogens is 361 g/mol. The van der Waals surface area contributed by atoms with Crippen LogP contribution in [-0.4, -0.2) is 28.2 Å². The molecule has 1 unspecified atom stereocenters. The summed E-state index contributed by atoms with van der Waals surface area (Å²) in [4.78, 5) is 15.9. The minimum absolute atomic E-state index is 0.183. The van der Waals surface area contributed by atoms with Crippen LogP contribution in [0.2, 0.25) is 15.1 Å². The van der Waals surface area contributed by atoms with Gasteiger partial charge in [-0.25, -0.2) is 9.78 Å². The van der Waals surface area contributed by atoms with Crippen LogP contribution in [0.4, 0.5) is 4.79 Å². The van der Waals surface area contributed by atoms with E-state index >= 15 is 0 Å². The molecule has 0 radical (unpaired) electrons. The van der Waals surface area contributed by atoms with Crippen molar-refractivity contribution in [3.05, 3.63) is 45.9 Å². The number of hydrogen-bond donors (Lipinski definition) is 1. The zero-order valence-corrected chi connectivity index (χ0v) is 14.7. The van der Waals surface area contributed by atoms with E-state index in [-0.39, 0.29) is 18.7 Å². The van der Waals surface area contributed by atoms with Gasteiger partial charge in [-0.15, -0.1) is 0 Å². The molecular formula is C15H16Cl3N3O2. The number of hydrogen-bond acceptors (Lipinski definition) is 3. The predicted octanol–water partition coefficient (Wildman–Crippen LogP) is 4.65. The minimum Gasteiger partial charge on any atom is -0.488 e. The Kier molecular flexibility index (Phi) is 6.57. The van der Waals surface area contributed by atoms with Crippen molar-refractivity contribution >= 4 is 40.8 Å². The summed E-state index contributed by atoms with van der Waals surface area (Å²) in [5, 5.41) is 3.99. The molecule has 0 aliphatic heterocycles. The first kappa shape index (κ1) is 17.9. The SMILES string of the molecule is CCCC(COc1c(Cl)cc(Cl)cc1Cl)NC(=O)n1ccnc1. The lowest BCUT2D eigenvalue weighted by Gasteiger charge is -2.19. The van der Waals surface area contributed by atoms with Crippen LogP contribution >= 0.6 is 34.8 Å². The standard InChI is InChI=1S/C15H16Cl3N3O2/c1-2-3-11(20-15(22)21-5-4-19-9-21)8-23-14-12(17)6-10(16)7-13(14)18/h4-7,9,11H,2-3,8H2,1H3,(H,20,22). The van der Waals surface area contributed by atoms with E-state index in [0.29, 0.717) is 20.8 Å². The highest BCUT2D eigenvalue weighted by Gasteiger charge is 2.16. The summed E-state index contributed by atoms with van der Waals surface area (Å²) < 4.78 is 7.06. The van der Waals surface area contributed by atoms with Crippen molar-refractivity contribution in [2.24, 2.45) is 0 Å². The second-order valence-corrected chi connectivity index (χ2v) is 6.17. The van der Waals surface area contributed by atoms with Crippen molar-refractivity contribution < 1.29 is 9.53 Å². The Hall–Kier alpha value is -1.43. The molecule has 0 aliphatic rings. The quantitative estimate of drug-likeness (QED) is 0.798. The maximum Gasteiger partial charge on any atom is 0.327 e. The van der Waals surface area contributed by atoms with Gasteiger partial charge < -0.3 is 10.1 Å². The maximum absolute atomic E-state index is 12.1. The van der Waals surface area contributed by atoms with E-state index in [4.69, 9.17) is 39.5 Å². The van der Waals surface area contributed by atoms with Crippen LogP contribution in [0.15, 0.2) is 30.9 Å².